The Hall–Kier alpha value is -4.49. The molecule has 8 N–H and O–H groups in total. The van der Waals surface area contributed by atoms with Gasteiger partial charge in [-0.15, -0.1) is 0 Å². The van der Waals surface area contributed by atoms with Gasteiger partial charge in [-0.05, 0) is 30.4 Å². The van der Waals surface area contributed by atoms with Crippen LogP contribution in [0, 0.1) is 5.92 Å². The quantitative estimate of drug-likeness (QED) is 0.133. The number of carbonyl (C=O) groups is 5. The lowest BCUT2D eigenvalue weighted by Crippen LogP contribution is -2.58. The Balaban J connectivity index is 2.10. The number of amides is 5. The molecule has 2 rings (SSSR count). The average molecular weight is 600 g/mol. The summed E-state index contributed by atoms with van der Waals surface area (Å²) in [6.45, 7) is 4.84. The second kappa shape index (κ2) is 17.5. The number of primary amides is 1. The van der Waals surface area contributed by atoms with Gasteiger partial charge < -0.3 is 42.0 Å². The molecule has 13 nitrogen and oxygen atoms in total. The van der Waals surface area contributed by atoms with Crippen LogP contribution < -0.4 is 27.0 Å². The maximum Gasteiger partial charge on any atom is 0.408 e. The maximum atomic E-state index is 13.3. The first kappa shape index (κ1) is 34.7. The van der Waals surface area contributed by atoms with Gasteiger partial charge in [0.25, 0.3) is 0 Å². The molecule has 0 aliphatic rings. The Kier molecular flexibility index (Phi) is 14.1. The van der Waals surface area contributed by atoms with Crippen LogP contribution in [0.3, 0.4) is 0 Å². The molecule has 0 aliphatic carbocycles. The third-order valence-electron chi connectivity index (χ3n) is 6.49. The van der Waals surface area contributed by atoms with Crippen molar-refractivity contribution in [2.24, 2.45) is 11.7 Å². The van der Waals surface area contributed by atoms with Gasteiger partial charge in [-0.1, -0.05) is 74.5 Å². The van der Waals surface area contributed by atoms with Crippen molar-refractivity contribution in [1.29, 1.82) is 0 Å². The van der Waals surface area contributed by atoms with Crippen LogP contribution in [0.4, 0.5) is 4.79 Å². The SMILES string of the molecule is CC(C)[C@H](NC(=O)OCc1ccccc1)C(=O)N[C@@H](Cc1ccccc1)C(=O)N[C@@H](C)C(=O)NC(CCC(N)=O)C(O)O. The largest absolute Gasteiger partial charge is 0.445 e. The number of hydrogen-bond donors (Lipinski definition) is 7. The number of benzene rings is 2. The van der Waals surface area contributed by atoms with Gasteiger partial charge in [-0.25, -0.2) is 4.79 Å². The van der Waals surface area contributed by atoms with Gasteiger partial charge >= 0.3 is 6.09 Å². The van der Waals surface area contributed by atoms with Crippen LogP contribution in [0.25, 0.3) is 0 Å². The number of aliphatic hydroxyl groups excluding tert-OH is 1. The van der Waals surface area contributed by atoms with Crippen molar-refractivity contribution >= 4 is 29.7 Å². The second-order valence-corrected chi connectivity index (χ2v) is 10.4. The zero-order valence-electron chi connectivity index (χ0n) is 24.5. The highest BCUT2D eigenvalue weighted by atomic mass is 16.5. The Labute approximate surface area is 250 Å². The molecule has 43 heavy (non-hydrogen) atoms. The number of rotatable bonds is 16. The summed E-state index contributed by atoms with van der Waals surface area (Å²) in [4.78, 5) is 62.9. The van der Waals surface area contributed by atoms with E-state index < -0.39 is 60.2 Å². The van der Waals surface area contributed by atoms with Crippen molar-refractivity contribution in [1.82, 2.24) is 21.3 Å². The minimum Gasteiger partial charge on any atom is -0.445 e. The van der Waals surface area contributed by atoms with Crippen LogP contribution in [0.1, 0.15) is 44.7 Å². The third-order valence-corrected chi connectivity index (χ3v) is 6.49. The summed E-state index contributed by atoms with van der Waals surface area (Å²) in [7, 11) is 0. The second-order valence-electron chi connectivity index (χ2n) is 10.4. The topological polar surface area (TPSA) is 209 Å². The summed E-state index contributed by atoms with van der Waals surface area (Å²) in [5.74, 6) is -3.11. The van der Waals surface area contributed by atoms with Gasteiger partial charge in [-0.2, -0.15) is 0 Å². The maximum absolute atomic E-state index is 13.3. The number of alkyl carbamates (subject to hydrolysis) is 1. The molecule has 2 aromatic rings. The summed E-state index contributed by atoms with van der Waals surface area (Å²) >= 11 is 0. The Morgan fingerprint density at radius 1 is 0.767 bits per heavy atom. The van der Waals surface area contributed by atoms with E-state index in [9.17, 15) is 34.2 Å². The zero-order valence-corrected chi connectivity index (χ0v) is 24.5. The van der Waals surface area contributed by atoms with Crippen LogP contribution in [-0.4, -0.2) is 70.4 Å². The fourth-order valence-electron chi connectivity index (χ4n) is 4.03. The van der Waals surface area contributed by atoms with Crippen LogP contribution in [0.2, 0.25) is 0 Å². The number of nitrogens with one attached hydrogen (secondary N) is 4. The summed E-state index contributed by atoms with van der Waals surface area (Å²) in [5.41, 5.74) is 6.60. The van der Waals surface area contributed by atoms with E-state index in [1.807, 2.05) is 18.2 Å². The molecular weight excluding hydrogens is 558 g/mol. The minimum atomic E-state index is -1.96. The van der Waals surface area contributed by atoms with E-state index in [2.05, 4.69) is 21.3 Å². The highest BCUT2D eigenvalue weighted by Crippen LogP contribution is 2.09. The predicted molar refractivity (Wildman–Crippen MR) is 157 cm³/mol. The fourth-order valence-corrected chi connectivity index (χ4v) is 4.03. The first-order valence-corrected chi connectivity index (χ1v) is 13.9. The summed E-state index contributed by atoms with van der Waals surface area (Å²) < 4.78 is 5.25. The molecule has 13 heteroatoms. The van der Waals surface area contributed by atoms with Gasteiger partial charge in [0.15, 0.2) is 6.29 Å². The van der Waals surface area contributed by atoms with Crippen LogP contribution in [0.15, 0.2) is 60.7 Å². The number of ether oxygens (including phenoxy) is 1. The first-order chi connectivity index (χ1) is 20.4. The first-order valence-electron chi connectivity index (χ1n) is 13.9. The molecule has 0 heterocycles. The highest BCUT2D eigenvalue weighted by Gasteiger charge is 2.31. The molecule has 4 atom stereocenters. The molecule has 0 saturated carbocycles. The molecule has 1 unspecified atom stereocenters. The van der Waals surface area contributed by atoms with Crippen molar-refractivity contribution in [3.8, 4) is 0 Å². The lowest BCUT2D eigenvalue weighted by Gasteiger charge is -2.27. The van der Waals surface area contributed by atoms with E-state index in [1.54, 1.807) is 56.3 Å². The number of carbonyl (C=O) groups excluding carboxylic acids is 5. The summed E-state index contributed by atoms with van der Waals surface area (Å²) in [6.07, 6.45) is -3.00. The van der Waals surface area contributed by atoms with Crippen molar-refractivity contribution < 1.29 is 38.9 Å². The molecule has 5 amide bonds. The normalized spacial score (nSPS) is 13.7. The lowest BCUT2D eigenvalue weighted by molar-refractivity contribution is -0.134. The van der Waals surface area contributed by atoms with Gasteiger partial charge in [-0.3, -0.25) is 19.2 Å². The van der Waals surface area contributed by atoms with Gasteiger partial charge in [0, 0.05) is 12.8 Å². The molecule has 0 aliphatic heterocycles. The van der Waals surface area contributed by atoms with Crippen LogP contribution >= 0.6 is 0 Å². The van der Waals surface area contributed by atoms with Crippen molar-refractivity contribution in [3.05, 3.63) is 71.8 Å². The predicted octanol–water partition coefficient (Wildman–Crippen LogP) is 0.231. The Bertz CT molecular complexity index is 1210. The third kappa shape index (κ3) is 12.5. The van der Waals surface area contributed by atoms with Gasteiger partial charge in [0.05, 0.1) is 6.04 Å². The highest BCUT2D eigenvalue weighted by molar-refractivity contribution is 5.94. The van der Waals surface area contributed by atoms with E-state index in [0.717, 1.165) is 11.1 Å². The van der Waals surface area contributed by atoms with Crippen molar-refractivity contribution in [3.63, 3.8) is 0 Å². The smallest absolute Gasteiger partial charge is 0.408 e. The monoisotopic (exact) mass is 599 g/mol. The van der Waals surface area contributed by atoms with E-state index >= 15 is 0 Å². The van der Waals surface area contributed by atoms with Crippen LogP contribution in [0.5, 0.6) is 0 Å². The molecule has 0 radical (unpaired) electrons. The van der Waals surface area contributed by atoms with Crippen LogP contribution in [-0.2, 0) is 36.9 Å². The molecule has 0 spiro atoms. The molecule has 234 valence electrons. The van der Waals surface area contributed by atoms with Crippen molar-refractivity contribution in [2.75, 3.05) is 0 Å². The van der Waals surface area contributed by atoms with Gasteiger partial charge in [0.1, 0.15) is 24.7 Å². The average Bonchev–Trinajstić information content (AvgIpc) is 2.96. The molecule has 0 saturated heterocycles. The Morgan fingerprint density at radius 3 is 1.88 bits per heavy atom. The Morgan fingerprint density at radius 2 is 1.35 bits per heavy atom. The lowest BCUT2D eigenvalue weighted by atomic mass is 10.0. The molecule has 0 bridgehead atoms. The van der Waals surface area contributed by atoms with E-state index in [1.165, 1.54) is 6.92 Å². The van der Waals surface area contributed by atoms with Gasteiger partial charge in [0.2, 0.25) is 23.6 Å². The summed E-state index contributed by atoms with van der Waals surface area (Å²) in [6, 6.07) is 13.4. The molecule has 2 aromatic carbocycles. The molecular formula is C30H41N5O8. The standard InChI is InChI=1S/C30H41N5O8/c1-18(2)25(35-30(42)43-17-21-12-8-5-9-13-21)28(39)34-23(16-20-10-6-4-7-11-20)27(38)32-19(3)26(37)33-22(29(40)41)14-15-24(31)36/h4-13,18-19,22-23,25,29,40-41H,14-17H2,1-3H3,(H2,31,36)(H,32,38)(H,33,37)(H,34,39)(H,35,42)/t19-,22?,23-,25-/m0/s1. The zero-order chi connectivity index (χ0) is 31.9. The van der Waals surface area contributed by atoms with Crippen molar-refractivity contribution in [2.45, 2.75) is 77.1 Å². The van der Waals surface area contributed by atoms with E-state index in [4.69, 9.17) is 10.5 Å². The number of hydrogen-bond acceptors (Lipinski definition) is 8. The van der Waals surface area contributed by atoms with E-state index in [-0.39, 0.29) is 31.8 Å². The molecule has 0 aromatic heterocycles. The number of nitrogens with two attached hydrogens (primary N) is 1. The fraction of sp³-hybridized carbons (Fsp3) is 0.433. The molecule has 0 fully saturated rings. The van der Waals surface area contributed by atoms with E-state index in [0.29, 0.717) is 0 Å². The summed E-state index contributed by atoms with van der Waals surface area (Å²) in [5, 5.41) is 29.2. The number of aliphatic hydroxyl groups is 2. The minimum absolute atomic E-state index is 0.00872.